The molecule has 150 valence electrons. The van der Waals surface area contributed by atoms with Gasteiger partial charge in [0.2, 0.25) is 6.41 Å². The van der Waals surface area contributed by atoms with Crippen molar-refractivity contribution < 1.29 is 19.1 Å². The maximum Gasteiger partial charge on any atom is 0.336 e. The maximum absolute atomic E-state index is 13.5. The minimum Gasteiger partial charge on any atom is -0.460 e. The summed E-state index contributed by atoms with van der Waals surface area (Å²) in [5.41, 5.74) is 2.51. The molecule has 1 N–H and O–H groups in total. The Balaban J connectivity index is 1.87. The molecule has 0 saturated carbocycles. The van der Waals surface area contributed by atoms with Crippen LogP contribution in [-0.2, 0) is 25.7 Å². The van der Waals surface area contributed by atoms with Crippen molar-refractivity contribution in [1.82, 2.24) is 9.80 Å². The molecule has 2 aromatic carbocycles. The summed E-state index contributed by atoms with van der Waals surface area (Å²) in [6.07, 6.45) is 2.85. The van der Waals surface area contributed by atoms with Gasteiger partial charge in [-0.05, 0) is 23.3 Å². The van der Waals surface area contributed by atoms with E-state index in [2.05, 4.69) is 5.32 Å². The number of esters is 1. The number of hydrogen-bond donors (Lipinski definition) is 1. The number of quaternary nitrogens is 1. The van der Waals surface area contributed by atoms with Crippen molar-refractivity contribution in [3.05, 3.63) is 77.9 Å². The summed E-state index contributed by atoms with van der Waals surface area (Å²) in [6, 6.07) is 18.8. The van der Waals surface area contributed by atoms with Crippen LogP contribution in [0.5, 0.6) is 0 Å². The van der Waals surface area contributed by atoms with Crippen LogP contribution >= 0.6 is 0 Å². The third kappa shape index (κ3) is 4.78. The topological polar surface area (TPSA) is 72.5 Å². The normalized spacial score (nSPS) is 21.6. The number of para-hydroxylation sites is 1. The van der Waals surface area contributed by atoms with E-state index in [4.69, 9.17) is 4.74 Å². The molecule has 6 heteroatoms. The van der Waals surface area contributed by atoms with Crippen LogP contribution in [0, 0.1) is 5.92 Å². The summed E-state index contributed by atoms with van der Waals surface area (Å²) in [7, 11) is 1.82. The lowest BCUT2D eigenvalue weighted by molar-refractivity contribution is -0.153. The van der Waals surface area contributed by atoms with E-state index in [0.717, 1.165) is 16.8 Å². The van der Waals surface area contributed by atoms with Gasteiger partial charge in [0.25, 0.3) is 0 Å². The van der Waals surface area contributed by atoms with Gasteiger partial charge in [-0.25, -0.2) is 9.28 Å². The molecule has 0 radical (unpaired) electrons. The lowest BCUT2D eigenvalue weighted by Gasteiger charge is -2.31. The number of amides is 2. The van der Waals surface area contributed by atoms with Crippen molar-refractivity contribution in [3.8, 4) is 0 Å². The largest absolute Gasteiger partial charge is 0.460 e. The smallest absolute Gasteiger partial charge is 0.336 e. The number of nitrogens with zero attached hydrogens (tertiary/aromatic N) is 1. The standard InChI is InChI=1S/C23H24N2O4/c1-25(20-10-6-3-7-11-20)13-12-19(15-24-17-26)14-21(22(25)27)23(28)29-16-18-8-4-2-5-9-18/h2-11,14,17,21H,12-13,15-16H2,1H3/p+1. The number of hydrogen-bond acceptors (Lipinski definition) is 4. The Morgan fingerprint density at radius 3 is 2.45 bits per heavy atom. The van der Waals surface area contributed by atoms with Crippen molar-refractivity contribution in [3.63, 3.8) is 0 Å². The first-order valence-electron chi connectivity index (χ1n) is 9.57. The third-order valence-electron chi connectivity index (χ3n) is 5.25. The van der Waals surface area contributed by atoms with Crippen LogP contribution in [-0.4, -0.2) is 38.4 Å². The van der Waals surface area contributed by atoms with E-state index >= 15 is 0 Å². The monoisotopic (exact) mass is 393 g/mol. The Morgan fingerprint density at radius 2 is 1.79 bits per heavy atom. The van der Waals surface area contributed by atoms with Gasteiger partial charge in [-0.2, -0.15) is 0 Å². The van der Waals surface area contributed by atoms with Crippen molar-refractivity contribution in [2.75, 3.05) is 20.1 Å². The van der Waals surface area contributed by atoms with E-state index in [0.29, 0.717) is 25.9 Å². The molecular formula is C23H25N2O4+. The number of nitrogens with one attached hydrogen (secondary N) is 1. The van der Waals surface area contributed by atoms with E-state index < -0.39 is 11.9 Å². The maximum atomic E-state index is 13.5. The predicted molar refractivity (Wildman–Crippen MR) is 111 cm³/mol. The highest BCUT2D eigenvalue weighted by atomic mass is 16.5. The zero-order valence-corrected chi connectivity index (χ0v) is 16.4. The molecule has 0 saturated heterocycles. The zero-order chi connectivity index (χ0) is 20.7. The summed E-state index contributed by atoms with van der Waals surface area (Å²) >= 11 is 0. The van der Waals surface area contributed by atoms with Crippen molar-refractivity contribution in [2.24, 2.45) is 5.92 Å². The lowest BCUT2D eigenvalue weighted by Crippen LogP contribution is -2.54. The van der Waals surface area contributed by atoms with Crippen LogP contribution < -0.4 is 9.80 Å². The molecule has 1 aliphatic heterocycles. The first-order valence-corrected chi connectivity index (χ1v) is 9.57. The summed E-state index contributed by atoms with van der Waals surface area (Å²) < 4.78 is 5.46. The molecule has 29 heavy (non-hydrogen) atoms. The van der Waals surface area contributed by atoms with E-state index in [1.54, 1.807) is 6.08 Å². The van der Waals surface area contributed by atoms with Crippen LogP contribution in [0.25, 0.3) is 0 Å². The predicted octanol–water partition coefficient (Wildman–Crippen LogP) is 2.59. The molecule has 3 rings (SSSR count). The van der Waals surface area contributed by atoms with E-state index in [1.165, 1.54) is 0 Å². The van der Waals surface area contributed by atoms with Crippen molar-refractivity contribution in [1.29, 1.82) is 0 Å². The second-order valence-corrected chi connectivity index (χ2v) is 7.23. The molecule has 0 aliphatic carbocycles. The number of ether oxygens (including phenoxy) is 1. The Bertz CT molecular complexity index is 896. The molecule has 0 aromatic heterocycles. The van der Waals surface area contributed by atoms with Crippen LogP contribution in [0.15, 0.2) is 72.3 Å². The molecule has 2 amide bonds. The summed E-state index contributed by atoms with van der Waals surface area (Å²) in [5.74, 6) is -1.85. The van der Waals surface area contributed by atoms with E-state index in [-0.39, 0.29) is 17.0 Å². The molecule has 6 nitrogen and oxygen atoms in total. The number of carbonyl (C=O) groups excluding carboxylic acids is 3. The zero-order valence-electron chi connectivity index (χ0n) is 16.4. The molecule has 2 aromatic rings. The van der Waals surface area contributed by atoms with Gasteiger partial charge in [-0.15, -0.1) is 0 Å². The average Bonchev–Trinajstić information content (AvgIpc) is 2.89. The molecule has 1 aliphatic rings. The minimum atomic E-state index is -1.03. The first kappa shape index (κ1) is 20.5. The fraction of sp³-hybridized carbons (Fsp3) is 0.261. The van der Waals surface area contributed by atoms with E-state index in [9.17, 15) is 14.4 Å². The Hall–Kier alpha value is -3.25. The van der Waals surface area contributed by atoms with Gasteiger partial charge in [0.15, 0.2) is 5.92 Å². The highest BCUT2D eigenvalue weighted by Crippen LogP contribution is 2.29. The molecule has 1 heterocycles. The van der Waals surface area contributed by atoms with Gasteiger partial charge in [0.1, 0.15) is 12.3 Å². The number of rotatable bonds is 7. The number of carbonyl (C=O) groups is 3. The van der Waals surface area contributed by atoms with E-state index in [1.807, 2.05) is 67.7 Å². The van der Waals surface area contributed by atoms with Gasteiger partial charge < -0.3 is 10.1 Å². The van der Waals surface area contributed by atoms with Gasteiger partial charge in [-0.3, -0.25) is 9.59 Å². The number of benzene rings is 2. The second kappa shape index (κ2) is 9.30. The highest BCUT2D eigenvalue weighted by molar-refractivity contribution is 6.05. The minimum absolute atomic E-state index is 0.00691. The Morgan fingerprint density at radius 1 is 1.14 bits per heavy atom. The quantitative estimate of drug-likeness (QED) is 0.258. The summed E-state index contributed by atoms with van der Waals surface area (Å²) in [4.78, 5) is 37.1. The molecule has 2 unspecified atom stereocenters. The molecule has 0 spiro atoms. The van der Waals surface area contributed by atoms with Gasteiger partial charge in [0, 0.05) is 13.0 Å². The fourth-order valence-electron chi connectivity index (χ4n) is 3.50. The van der Waals surface area contributed by atoms with Crippen molar-refractivity contribution >= 4 is 24.0 Å². The SMILES string of the molecule is C[N+]1(c2ccccc2)CCC(CNC=O)=CC(C(=O)OCc2ccccc2)C1=O. The van der Waals surface area contributed by atoms with Crippen LogP contribution in [0.2, 0.25) is 0 Å². The lowest BCUT2D eigenvalue weighted by atomic mass is 10.0. The third-order valence-corrected chi connectivity index (χ3v) is 5.25. The first-order chi connectivity index (χ1) is 14.0. The van der Waals surface area contributed by atoms with Crippen molar-refractivity contribution in [2.45, 2.75) is 13.0 Å². The van der Waals surface area contributed by atoms with Crippen LogP contribution in [0.3, 0.4) is 0 Å². The average molecular weight is 393 g/mol. The summed E-state index contributed by atoms with van der Waals surface area (Å²) in [5, 5.41) is 2.63. The summed E-state index contributed by atoms with van der Waals surface area (Å²) in [6.45, 7) is 0.903. The molecule has 0 bridgehead atoms. The second-order valence-electron chi connectivity index (χ2n) is 7.23. The van der Waals surface area contributed by atoms with Crippen LogP contribution in [0.1, 0.15) is 12.0 Å². The molecule has 2 atom stereocenters. The Labute approximate surface area is 170 Å². The Kier molecular flexibility index (Phi) is 6.57. The van der Waals surface area contributed by atoms with Gasteiger partial charge in [-0.1, -0.05) is 54.6 Å². The molecular weight excluding hydrogens is 368 g/mol. The highest BCUT2D eigenvalue weighted by Gasteiger charge is 2.45. The van der Waals surface area contributed by atoms with Gasteiger partial charge >= 0.3 is 11.9 Å². The van der Waals surface area contributed by atoms with Crippen LogP contribution in [0.4, 0.5) is 5.69 Å². The molecule has 0 fully saturated rings. The van der Waals surface area contributed by atoms with Gasteiger partial charge in [0.05, 0.1) is 13.6 Å². The fourth-order valence-corrected chi connectivity index (χ4v) is 3.50.